The Morgan fingerprint density at radius 3 is 2.68 bits per heavy atom. The number of hydrogen-bond acceptors (Lipinski definition) is 4. The summed E-state index contributed by atoms with van der Waals surface area (Å²) in [5, 5.41) is 8.62. The minimum atomic E-state index is 0.737. The Kier molecular flexibility index (Phi) is 2.87. The van der Waals surface area contributed by atoms with Crippen LogP contribution in [0.25, 0.3) is 16.7 Å². The standard InChI is InChI=1S/C14H15N5/c1-3-15-13-12-9-16-19(11-7-5-4-6-8-11)14(12)18-10(2)17-13/h4-9H,3H2,1-2H3,(H,15,17,18). The van der Waals surface area contributed by atoms with Crippen LogP contribution in [0.3, 0.4) is 0 Å². The fourth-order valence-corrected chi connectivity index (χ4v) is 2.08. The summed E-state index contributed by atoms with van der Waals surface area (Å²) in [4.78, 5) is 8.93. The van der Waals surface area contributed by atoms with Gasteiger partial charge in [-0.05, 0) is 26.0 Å². The van der Waals surface area contributed by atoms with E-state index >= 15 is 0 Å². The van der Waals surface area contributed by atoms with E-state index in [1.807, 2.05) is 48.9 Å². The Hall–Kier alpha value is -2.43. The molecule has 0 spiro atoms. The van der Waals surface area contributed by atoms with Crippen LogP contribution in [0.2, 0.25) is 0 Å². The molecule has 96 valence electrons. The van der Waals surface area contributed by atoms with Crippen molar-refractivity contribution >= 4 is 16.9 Å². The second-order valence-corrected chi connectivity index (χ2v) is 4.28. The quantitative estimate of drug-likeness (QED) is 0.779. The van der Waals surface area contributed by atoms with E-state index in [1.165, 1.54) is 0 Å². The van der Waals surface area contributed by atoms with Crippen molar-refractivity contribution in [3.63, 3.8) is 0 Å². The predicted molar refractivity (Wildman–Crippen MR) is 75.6 cm³/mol. The Bertz CT molecular complexity index is 702. The maximum atomic E-state index is 4.50. The summed E-state index contributed by atoms with van der Waals surface area (Å²) < 4.78 is 1.84. The summed E-state index contributed by atoms with van der Waals surface area (Å²) >= 11 is 0. The zero-order chi connectivity index (χ0) is 13.2. The molecule has 5 nitrogen and oxygen atoms in total. The molecule has 0 atom stereocenters. The van der Waals surface area contributed by atoms with Crippen LogP contribution in [-0.4, -0.2) is 26.3 Å². The van der Waals surface area contributed by atoms with E-state index < -0.39 is 0 Å². The SMILES string of the molecule is CCNc1nc(C)nc2c1cnn2-c1ccccc1. The first kappa shape index (κ1) is 11.6. The zero-order valence-corrected chi connectivity index (χ0v) is 11.0. The van der Waals surface area contributed by atoms with Crippen LogP contribution in [-0.2, 0) is 0 Å². The molecule has 0 saturated heterocycles. The molecular formula is C14H15N5. The van der Waals surface area contributed by atoms with Gasteiger partial charge in [0.25, 0.3) is 0 Å². The van der Waals surface area contributed by atoms with Crippen molar-refractivity contribution in [2.75, 3.05) is 11.9 Å². The van der Waals surface area contributed by atoms with E-state index in [4.69, 9.17) is 0 Å². The van der Waals surface area contributed by atoms with E-state index in [-0.39, 0.29) is 0 Å². The van der Waals surface area contributed by atoms with Gasteiger partial charge in [-0.15, -0.1) is 0 Å². The lowest BCUT2D eigenvalue weighted by Crippen LogP contribution is -2.04. The molecule has 1 N–H and O–H groups in total. The number of aryl methyl sites for hydroxylation is 1. The van der Waals surface area contributed by atoms with Gasteiger partial charge in [0.2, 0.25) is 0 Å². The van der Waals surface area contributed by atoms with Gasteiger partial charge in [0.15, 0.2) is 5.65 Å². The third-order valence-corrected chi connectivity index (χ3v) is 2.89. The number of aromatic nitrogens is 4. The Morgan fingerprint density at radius 2 is 1.95 bits per heavy atom. The minimum Gasteiger partial charge on any atom is -0.370 e. The molecule has 0 bridgehead atoms. The topological polar surface area (TPSA) is 55.6 Å². The first-order chi connectivity index (χ1) is 9.29. The minimum absolute atomic E-state index is 0.737. The number of hydrogen-bond donors (Lipinski definition) is 1. The van der Waals surface area contributed by atoms with Gasteiger partial charge in [0, 0.05) is 6.54 Å². The van der Waals surface area contributed by atoms with E-state index in [1.54, 1.807) is 6.20 Å². The van der Waals surface area contributed by atoms with Gasteiger partial charge in [-0.3, -0.25) is 0 Å². The molecule has 0 aliphatic rings. The summed E-state index contributed by atoms with van der Waals surface area (Å²) in [7, 11) is 0. The number of nitrogens with one attached hydrogen (secondary N) is 1. The molecule has 0 aliphatic heterocycles. The van der Waals surface area contributed by atoms with Crippen molar-refractivity contribution < 1.29 is 0 Å². The molecule has 0 unspecified atom stereocenters. The fourth-order valence-electron chi connectivity index (χ4n) is 2.08. The molecule has 0 aliphatic carbocycles. The number of rotatable bonds is 3. The normalized spacial score (nSPS) is 10.8. The maximum absolute atomic E-state index is 4.50. The molecule has 2 aromatic heterocycles. The third kappa shape index (κ3) is 2.03. The zero-order valence-electron chi connectivity index (χ0n) is 11.0. The lowest BCUT2D eigenvalue weighted by molar-refractivity contribution is 0.889. The third-order valence-electron chi connectivity index (χ3n) is 2.89. The molecule has 1 aromatic carbocycles. The Labute approximate surface area is 111 Å². The van der Waals surface area contributed by atoms with Gasteiger partial charge in [-0.2, -0.15) is 5.10 Å². The van der Waals surface area contributed by atoms with Crippen molar-refractivity contribution in [3.05, 3.63) is 42.4 Å². The highest BCUT2D eigenvalue weighted by molar-refractivity contribution is 5.87. The first-order valence-electron chi connectivity index (χ1n) is 6.31. The van der Waals surface area contributed by atoms with Crippen molar-refractivity contribution in [1.82, 2.24) is 19.7 Å². The van der Waals surface area contributed by atoms with E-state index in [9.17, 15) is 0 Å². The summed E-state index contributed by atoms with van der Waals surface area (Å²) in [5.74, 6) is 1.58. The largest absolute Gasteiger partial charge is 0.370 e. The highest BCUT2D eigenvalue weighted by Gasteiger charge is 2.11. The summed E-state index contributed by atoms with van der Waals surface area (Å²) in [5.41, 5.74) is 1.83. The van der Waals surface area contributed by atoms with Gasteiger partial charge in [0.1, 0.15) is 11.6 Å². The Balaban J connectivity index is 2.23. The average molecular weight is 253 g/mol. The molecule has 0 fully saturated rings. The highest BCUT2D eigenvalue weighted by atomic mass is 15.3. The number of para-hydroxylation sites is 1. The van der Waals surface area contributed by atoms with E-state index in [0.29, 0.717) is 0 Å². The van der Waals surface area contributed by atoms with Crippen molar-refractivity contribution in [2.45, 2.75) is 13.8 Å². The smallest absolute Gasteiger partial charge is 0.168 e. The lowest BCUT2D eigenvalue weighted by Gasteiger charge is -2.06. The van der Waals surface area contributed by atoms with Gasteiger partial charge < -0.3 is 5.32 Å². The Morgan fingerprint density at radius 1 is 1.16 bits per heavy atom. The van der Waals surface area contributed by atoms with Crippen LogP contribution in [0.5, 0.6) is 0 Å². The van der Waals surface area contributed by atoms with Crippen molar-refractivity contribution in [3.8, 4) is 5.69 Å². The summed E-state index contributed by atoms with van der Waals surface area (Å²) in [6.07, 6.45) is 1.81. The van der Waals surface area contributed by atoms with Gasteiger partial charge >= 0.3 is 0 Å². The van der Waals surface area contributed by atoms with Crippen LogP contribution in [0.1, 0.15) is 12.7 Å². The van der Waals surface area contributed by atoms with E-state index in [0.717, 1.165) is 34.9 Å². The van der Waals surface area contributed by atoms with Gasteiger partial charge in [-0.25, -0.2) is 14.6 Å². The van der Waals surface area contributed by atoms with E-state index in [2.05, 4.69) is 20.4 Å². The van der Waals surface area contributed by atoms with Crippen LogP contribution < -0.4 is 5.32 Å². The highest BCUT2D eigenvalue weighted by Crippen LogP contribution is 2.22. The predicted octanol–water partition coefficient (Wildman–Crippen LogP) is 2.56. The molecule has 0 saturated carbocycles. The van der Waals surface area contributed by atoms with Gasteiger partial charge in [-0.1, -0.05) is 18.2 Å². The van der Waals surface area contributed by atoms with Gasteiger partial charge in [0.05, 0.1) is 17.3 Å². The summed E-state index contributed by atoms with van der Waals surface area (Å²) in [6, 6.07) is 9.98. The van der Waals surface area contributed by atoms with Crippen LogP contribution >= 0.6 is 0 Å². The fraction of sp³-hybridized carbons (Fsp3) is 0.214. The van der Waals surface area contributed by atoms with Crippen molar-refractivity contribution in [1.29, 1.82) is 0 Å². The second kappa shape index (κ2) is 4.68. The molecule has 0 radical (unpaired) electrons. The molecule has 0 amide bonds. The molecule has 3 rings (SSSR count). The number of fused-ring (bicyclic) bond motifs is 1. The van der Waals surface area contributed by atoms with Crippen molar-refractivity contribution in [2.24, 2.45) is 0 Å². The number of anilines is 1. The molecule has 3 aromatic rings. The average Bonchev–Trinajstić information content (AvgIpc) is 2.84. The second-order valence-electron chi connectivity index (χ2n) is 4.28. The molecule has 19 heavy (non-hydrogen) atoms. The number of benzene rings is 1. The summed E-state index contributed by atoms with van der Waals surface area (Å²) in [6.45, 7) is 4.76. The van der Waals surface area contributed by atoms with Crippen LogP contribution in [0.15, 0.2) is 36.5 Å². The lowest BCUT2D eigenvalue weighted by atomic mass is 10.3. The van der Waals surface area contributed by atoms with Crippen LogP contribution in [0, 0.1) is 6.92 Å². The number of nitrogens with zero attached hydrogens (tertiary/aromatic N) is 4. The molecule has 5 heteroatoms. The maximum Gasteiger partial charge on any atom is 0.168 e. The first-order valence-corrected chi connectivity index (χ1v) is 6.31. The molecular weight excluding hydrogens is 238 g/mol. The monoisotopic (exact) mass is 253 g/mol. The molecule has 2 heterocycles. The van der Waals surface area contributed by atoms with Crippen LogP contribution in [0.4, 0.5) is 5.82 Å².